The third kappa shape index (κ3) is 4.72. The normalized spacial score (nSPS) is 10.3. The number of nitrogen functional groups attached to an aromatic ring is 1. The number of halogens is 1. The van der Waals surface area contributed by atoms with E-state index in [2.05, 4.69) is 15.0 Å². The molecule has 0 unspecified atom stereocenters. The summed E-state index contributed by atoms with van der Waals surface area (Å²) < 4.78 is 6.49. The number of esters is 1. The molecule has 0 aliphatic heterocycles. The summed E-state index contributed by atoms with van der Waals surface area (Å²) in [5.41, 5.74) is 9.07. The Kier molecular flexibility index (Phi) is 6.95. The van der Waals surface area contributed by atoms with Gasteiger partial charge in [-0.15, -0.1) is 12.4 Å². The summed E-state index contributed by atoms with van der Waals surface area (Å²) in [7, 11) is 3.21. The predicted octanol–water partition coefficient (Wildman–Crippen LogP) is 2.24. The molecule has 0 spiro atoms. The van der Waals surface area contributed by atoms with E-state index in [0.29, 0.717) is 16.6 Å². The van der Waals surface area contributed by atoms with Crippen LogP contribution in [0.1, 0.15) is 22.3 Å². The summed E-state index contributed by atoms with van der Waals surface area (Å²) in [6.07, 6.45) is 0.120. The number of rotatable bonds is 6. The Bertz CT molecular complexity index is 1060. The number of nitrogens with two attached hydrogens (primary N) is 1. The van der Waals surface area contributed by atoms with Gasteiger partial charge in [0.05, 0.1) is 24.6 Å². The molecule has 0 fully saturated rings. The van der Waals surface area contributed by atoms with Gasteiger partial charge >= 0.3 is 5.97 Å². The quantitative estimate of drug-likeness (QED) is 0.323. The van der Waals surface area contributed by atoms with Crippen LogP contribution in [0.3, 0.4) is 0 Å². The van der Waals surface area contributed by atoms with Gasteiger partial charge in [0.25, 0.3) is 5.91 Å². The molecule has 1 heterocycles. The first kappa shape index (κ1) is 21.9. The molecule has 2 aromatic carbocycles. The minimum atomic E-state index is -0.374. The van der Waals surface area contributed by atoms with E-state index in [-0.39, 0.29) is 43.1 Å². The highest BCUT2D eigenvalue weighted by atomic mass is 35.5. The van der Waals surface area contributed by atoms with Crippen LogP contribution in [-0.2, 0) is 16.6 Å². The lowest BCUT2D eigenvalue weighted by molar-refractivity contribution is -0.140. The van der Waals surface area contributed by atoms with Gasteiger partial charge in [0.2, 0.25) is 0 Å². The van der Waals surface area contributed by atoms with Crippen LogP contribution in [0.5, 0.6) is 0 Å². The fraction of sp³-hybridized carbons (Fsp3) is 0.200. The zero-order chi connectivity index (χ0) is 20.3. The molecular weight excluding hydrogens is 394 g/mol. The zero-order valence-electron chi connectivity index (χ0n) is 16.1. The van der Waals surface area contributed by atoms with Crippen LogP contribution in [0.4, 0.5) is 0 Å². The third-order valence-electron chi connectivity index (χ3n) is 4.44. The lowest BCUT2D eigenvalue weighted by Gasteiger charge is -2.05. The number of nitrogens with one attached hydrogen (secondary N) is 2. The van der Waals surface area contributed by atoms with Crippen LogP contribution in [0, 0.1) is 5.41 Å². The van der Waals surface area contributed by atoms with Crippen molar-refractivity contribution in [3.8, 4) is 11.4 Å². The highest BCUT2D eigenvalue weighted by Crippen LogP contribution is 2.24. The van der Waals surface area contributed by atoms with E-state index in [0.717, 1.165) is 16.9 Å². The molecule has 4 N–H and O–H groups in total. The van der Waals surface area contributed by atoms with Gasteiger partial charge in [-0.3, -0.25) is 15.0 Å². The number of hydrogen-bond donors (Lipinski definition) is 3. The van der Waals surface area contributed by atoms with Crippen molar-refractivity contribution in [1.29, 1.82) is 5.41 Å². The topological polar surface area (TPSA) is 123 Å². The number of carbonyl (C=O) groups is 2. The molecule has 0 bridgehead atoms. The van der Waals surface area contributed by atoms with E-state index in [4.69, 9.17) is 11.1 Å². The van der Waals surface area contributed by atoms with Gasteiger partial charge in [0, 0.05) is 30.3 Å². The largest absolute Gasteiger partial charge is 0.469 e. The van der Waals surface area contributed by atoms with E-state index >= 15 is 0 Å². The first-order chi connectivity index (χ1) is 13.4. The number of nitrogens with zero attached hydrogens (tertiary/aromatic N) is 2. The van der Waals surface area contributed by atoms with Crippen molar-refractivity contribution in [3.63, 3.8) is 0 Å². The number of ether oxygens (including phenoxy) is 1. The average Bonchev–Trinajstić information content (AvgIpc) is 3.03. The van der Waals surface area contributed by atoms with Crippen molar-refractivity contribution in [1.82, 2.24) is 14.9 Å². The third-order valence-corrected chi connectivity index (χ3v) is 4.44. The molecule has 0 saturated carbocycles. The van der Waals surface area contributed by atoms with E-state index < -0.39 is 0 Å². The molecule has 3 aromatic rings. The number of hydrogen-bond acceptors (Lipinski definition) is 5. The Balaban J connectivity index is 0.00000300. The molecular formula is C20H22ClN5O3. The fourth-order valence-corrected chi connectivity index (χ4v) is 2.88. The molecule has 0 radical (unpaired) electrons. The zero-order valence-corrected chi connectivity index (χ0v) is 16.9. The molecule has 9 heteroatoms. The van der Waals surface area contributed by atoms with Gasteiger partial charge < -0.3 is 20.4 Å². The summed E-state index contributed by atoms with van der Waals surface area (Å²) in [5, 5.41) is 10.2. The van der Waals surface area contributed by atoms with Gasteiger partial charge in [-0.1, -0.05) is 24.3 Å². The maximum atomic E-state index is 12.3. The van der Waals surface area contributed by atoms with Crippen molar-refractivity contribution in [2.45, 2.75) is 6.42 Å². The molecule has 29 heavy (non-hydrogen) atoms. The number of aryl methyl sites for hydroxylation is 1. The summed E-state index contributed by atoms with van der Waals surface area (Å²) in [6.45, 7) is 0.208. The van der Waals surface area contributed by atoms with Crippen molar-refractivity contribution >= 4 is 41.2 Å². The molecule has 1 amide bonds. The van der Waals surface area contributed by atoms with E-state index in [1.165, 1.54) is 7.11 Å². The summed E-state index contributed by atoms with van der Waals surface area (Å²) >= 11 is 0. The monoisotopic (exact) mass is 415 g/mol. The van der Waals surface area contributed by atoms with Gasteiger partial charge in [-0.05, 0) is 18.2 Å². The van der Waals surface area contributed by atoms with Gasteiger partial charge in [0.15, 0.2) is 0 Å². The number of amides is 1. The SMILES string of the molecule is COC(=O)CCNC(=O)c1ccc2c(c1)nc(-c1ccc(C(=N)N)cc1)n2C.Cl. The Labute approximate surface area is 174 Å². The molecule has 0 saturated heterocycles. The second kappa shape index (κ2) is 9.20. The predicted molar refractivity (Wildman–Crippen MR) is 113 cm³/mol. The second-order valence-electron chi connectivity index (χ2n) is 6.27. The van der Waals surface area contributed by atoms with Crippen LogP contribution in [0.2, 0.25) is 0 Å². The lowest BCUT2D eigenvalue weighted by atomic mass is 10.1. The Morgan fingerprint density at radius 2 is 1.83 bits per heavy atom. The summed E-state index contributed by atoms with van der Waals surface area (Å²) in [5.74, 6) is 0.109. The number of benzene rings is 2. The van der Waals surface area contributed by atoms with E-state index in [1.54, 1.807) is 24.3 Å². The van der Waals surface area contributed by atoms with Crippen molar-refractivity contribution in [2.75, 3.05) is 13.7 Å². The van der Waals surface area contributed by atoms with Gasteiger partial charge in [-0.2, -0.15) is 0 Å². The Morgan fingerprint density at radius 3 is 2.45 bits per heavy atom. The highest BCUT2D eigenvalue weighted by Gasteiger charge is 2.13. The number of methoxy groups -OCH3 is 1. The second-order valence-corrected chi connectivity index (χ2v) is 6.27. The molecule has 152 valence electrons. The molecule has 0 aliphatic carbocycles. The number of amidine groups is 1. The van der Waals surface area contributed by atoms with Crippen molar-refractivity contribution in [2.24, 2.45) is 12.8 Å². The van der Waals surface area contributed by atoms with Crippen LogP contribution in [0.25, 0.3) is 22.4 Å². The standard InChI is InChI=1S/C20H21N5O3.ClH/c1-25-16-8-7-14(20(27)23-10-9-17(26)28-2)11-15(16)24-19(25)13-5-3-12(4-6-13)18(21)22;/h3-8,11H,9-10H2,1-2H3,(H3,21,22)(H,23,27);1H. The van der Waals surface area contributed by atoms with Crippen LogP contribution < -0.4 is 11.1 Å². The van der Waals surface area contributed by atoms with E-state index in [1.807, 2.05) is 29.8 Å². The molecule has 3 rings (SSSR count). The minimum Gasteiger partial charge on any atom is -0.469 e. The molecule has 0 atom stereocenters. The molecule has 0 aliphatic rings. The summed E-state index contributed by atoms with van der Waals surface area (Å²) in [6, 6.07) is 12.5. The van der Waals surface area contributed by atoms with E-state index in [9.17, 15) is 9.59 Å². The van der Waals surface area contributed by atoms with Gasteiger partial charge in [0.1, 0.15) is 11.7 Å². The maximum absolute atomic E-state index is 12.3. The first-order valence-corrected chi connectivity index (χ1v) is 8.67. The lowest BCUT2D eigenvalue weighted by Crippen LogP contribution is -2.26. The molecule has 1 aromatic heterocycles. The van der Waals surface area contributed by atoms with Crippen LogP contribution in [0.15, 0.2) is 42.5 Å². The Morgan fingerprint density at radius 1 is 1.17 bits per heavy atom. The number of aromatic nitrogens is 2. The Hall–Kier alpha value is -3.39. The smallest absolute Gasteiger partial charge is 0.307 e. The molecule has 8 nitrogen and oxygen atoms in total. The number of imidazole rings is 1. The minimum absolute atomic E-state index is 0. The van der Waals surface area contributed by atoms with Crippen molar-refractivity contribution in [3.05, 3.63) is 53.6 Å². The summed E-state index contributed by atoms with van der Waals surface area (Å²) in [4.78, 5) is 28.1. The fourth-order valence-electron chi connectivity index (χ4n) is 2.88. The maximum Gasteiger partial charge on any atom is 0.307 e. The van der Waals surface area contributed by atoms with Gasteiger partial charge in [-0.25, -0.2) is 4.98 Å². The van der Waals surface area contributed by atoms with Crippen LogP contribution >= 0.6 is 12.4 Å². The average molecular weight is 416 g/mol. The van der Waals surface area contributed by atoms with Crippen molar-refractivity contribution < 1.29 is 14.3 Å². The first-order valence-electron chi connectivity index (χ1n) is 8.67. The number of carbonyl (C=O) groups excluding carboxylic acids is 2. The highest BCUT2D eigenvalue weighted by molar-refractivity contribution is 5.98. The van der Waals surface area contributed by atoms with Crippen LogP contribution in [-0.4, -0.2) is 40.9 Å². The number of fused-ring (bicyclic) bond motifs is 1.